The molecule has 0 saturated carbocycles. The Morgan fingerprint density at radius 3 is 3.16 bits per heavy atom. The maximum Gasteiger partial charge on any atom is 0.136 e. The molecule has 1 fully saturated rings. The van der Waals surface area contributed by atoms with Crippen LogP contribution in [0.4, 0.5) is 5.82 Å². The van der Waals surface area contributed by atoms with Gasteiger partial charge in [0.1, 0.15) is 11.6 Å². The van der Waals surface area contributed by atoms with Crippen molar-refractivity contribution in [2.45, 2.75) is 6.04 Å². The van der Waals surface area contributed by atoms with Crippen LogP contribution in [0.3, 0.4) is 0 Å². The molecular weight excluding hydrogens is 264 g/mol. The number of halogens is 1. The highest BCUT2D eigenvalue weighted by Crippen LogP contribution is 2.29. The molecule has 1 atom stereocenters. The van der Waals surface area contributed by atoms with Gasteiger partial charge in [-0.05, 0) is 23.6 Å². The fourth-order valence-electron chi connectivity index (χ4n) is 2.43. The molecule has 2 aromatic rings. The lowest BCUT2D eigenvalue weighted by molar-refractivity contribution is 0.0995. The van der Waals surface area contributed by atoms with E-state index in [1.54, 1.807) is 18.3 Å². The van der Waals surface area contributed by atoms with Crippen molar-refractivity contribution in [2.24, 2.45) is 0 Å². The molecule has 3 rings (SSSR count). The van der Waals surface area contributed by atoms with Crippen molar-refractivity contribution in [1.82, 2.24) is 4.98 Å². The van der Waals surface area contributed by atoms with Gasteiger partial charge in [-0.3, -0.25) is 0 Å². The van der Waals surface area contributed by atoms with Crippen LogP contribution in [0, 0.1) is 0 Å². The van der Waals surface area contributed by atoms with E-state index >= 15 is 0 Å². The fraction of sp³-hybridized carbons (Fsp3) is 0.357. The minimum absolute atomic E-state index is 0.121. The highest BCUT2D eigenvalue weighted by molar-refractivity contribution is 6.18. The summed E-state index contributed by atoms with van der Waals surface area (Å²) in [6, 6.07) is 7.39. The molecule has 2 heterocycles. The zero-order valence-corrected chi connectivity index (χ0v) is 11.2. The van der Waals surface area contributed by atoms with Gasteiger partial charge in [0, 0.05) is 24.0 Å². The van der Waals surface area contributed by atoms with Crippen LogP contribution < -0.4 is 4.90 Å². The van der Waals surface area contributed by atoms with Gasteiger partial charge in [-0.1, -0.05) is 6.07 Å². The van der Waals surface area contributed by atoms with Crippen molar-refractivity contribution < 1.29 is 9.84 Å². The number of phenolic OH excluding ortho intramolecular Hbond substituents is 1. The lowest BCUT2D eigenvalue weighted by Crippen LogP contribution is -2.47. The molecule has 1 unspecified atom stereocenters. The second kappa shape index (κ2) is 5.23. The average Bonchev–Trinajstić information content (AvgIpc) is 2.46. The number of aromatic nitrogens is 1. The van der Waals surface area contributed by atoms with Crippen LogP contribution in [0.5, 0.6) is 5.75 Å². The molecule has 100 valence electrons. The number of benzene rings is 1. The molecule has 0 radical (unpaired) electrons. The van der Waals surface area contributed by atoms with Gasteiger partial charge < -0.3 is 14.7 Å². The van der Waals surface area contributed by atoms with Crippen LogP contribution in [0.1, 0.15) is 0 Å². The van der Waals surface area contributed by atoms with Crippen LogP contribution in [0.15, 0.2) is 30.5 Å². The van der Waals surface area contributed by atoms with Crippen LogP contribution in [-0.2, 0) is 4.74 Å². The van der Waals surface area contributed by atoms with Crippen molar-refractivity contribution in [3.05, 3.63) is 30.5 Å². The van der Waals surface area contributed by atoms with Crippen LogP contribution in [0.25, 0.3) is 10.8 Å². The first-order valence-electron chi connectivity index (χ1n) is 6.27. The third-order valence-electron chi connectivity index (χ3n) is 3.41. The Labute approximate surface area is 116 Å². The first-order valence-corrected chi connectivity index (χ1v) is 6.81. The van der Waals surface area contributed by atoms with Crippen LogP contribution in [-0.4, -0.2) is 41.8 Å². The fourth-order valence-corrected chi connectivity index (χ4v) is 2.69. The molecule has 0 aliphatic carbocycles. The van der Waals surface area contributed by atoms with Crippen LogP contribution in [0.2, 0.25) is 0 Å². The lowest BCUT2D eigenvalue weighted by Gasteiger charge is -2.36. The van der Waals surface area contributed by atoms with Crippen LogP contribution >= 0.6 is 11.6 Å². The smallest absolute Gasteiger partial charge is 0.136 e. The number of hydrogen-bond acceptors (Lipinski definition) is 4. The highest BCUT2D eigenvalue weighted by atomic mass is 35.5. The second-order valence-corrected chi connectivity index (χ2v) is 4.93. The van der Waals surface area contributed by atoms with Gasteiger partial charge in [0.05, 0.1) is 19.3 Å². The zero-order chi connectivity index (χ0) is 13.2. The first kappa shape index (κ1) is 12.5. The molecule has 19 heavy (non-hydrogen) atoms. The van der Waals surface area contributed by atoms with E-state index in [0.717, 1.165) is 23.1 Å². The number of pyridine rings is 1. The van der Waals surface area contributed by atoms with Gasteiger partial charge >= 0.3 is 0 Å². The SMILES string of the molecule is Oc1ccc2ccnc(N3CCOCC3CCl)c2c1. The number of aromatic hydroxyl groups is 1. The van der Waals surface area contributed by atoms with Crippen molar-refractivity contribution in [1.29, 1.82) is 0 Å². The predicted octanol–water partition coefficient (Wildman–Crippen LogP) is 2.38. The number of phenols is 1. The summed E-state index contributed by atoms with van der Waals surface area (Å²) in [6.45, 7) is 2.05. The molecule has 5 heteroatoms. The molecule has 4 nitrogen and oxygen atoms in total. The Bertz CT molecular complexity index is 591. The topological polar surface area (TPSA) is 45.6 Å². The van der Waals surface area contributed by atoms with Gasteiger partial charge in [0.25, 0.3) is 0 Å². The first-order chi connectivity index (χ1) is 9.29. The van der Waals surface area contributed by atoms with E-state index < -0.39 is 0 Å². The third-order valence-corrected chi connectivity index (χ3v) is 3.76. The summed E-state index contributed by atoms with van der Waals surface area (Å²) < 4.78 is 5.46. The molecule has 1 aliphatic heterocycles. The molecule has 1 N–H and O–H groups in total. The monoisotopic (exact) mass is 278 g/mol. The van der Waals surface area contributed by atoms with E-state index in [0.29, 0.717) is 19.1 Å². The Morgan fingerprint density at radius 2 is 2.32 bits per heavy atom. The quantitative estimate of drug-likeness (QED) is 0.857. The van der Waals surface area contributed by atoms with E-state index in [1.165, 1.54) is 0 Å². The Kier molecular flexibility index (Phi) is 3.44. The van der Waals surface area contributed by atoms with E-state index in [-0.39, 0.29) is 11.8 Å². The third kappa shape index (κ3) is 2.33. The minimum atomic E-state index is 0.121. The Hall–Kier alpha value is -1.52. The maximum atomic E-state index is 9.68. The zero-order valence-electron chi connectivity index (χ0n) is 10.4. The normalized spacial score (nSPS) is 19.8. The number of nitrogens with zero attached hydrogens (tertiary/aromatic N) is 2. The Balaban J connectivity index is 2.10. The van der Waals surface area contributed by atoms with Gasteiger partial charge in [0.15, 0.2) is 0 Å². The summed E-state index contributed by atoms with van der Waals surface area (Å²) in [6.07, 6.45) is 1.79. The summed E-state index contributed by atoms with van der Waals surface area (Å²) in [5, 5.41) is 11.7. The summed E-state index contributed by atoms with van der Waals surface area (Å²) in [7, 11) is 0. The van der Waals surface area contributed by atoms with Crippen molar-refractivity contribution in [3.63, 3.8) is 0 Å². The number of anilines is 1. The number of alkyl halides is 1. The molecule has 0 amide bonds. The molecule has 1 aromatic heterocycles. The minimum Gasteiger partial charge on any atom is -0.508 e. The molecular formula is C14H15ClN2O2. The van der Waals surface area contributed by atoms with Gasteiger partial charge in [-0.2, -0.15) is 0 Å². The van der Waals surface area contributed by atoms with E-state index in [4.69, 9.17) is 16.3 Å². The number of ether oxygens (including phenoxy) is 1. The largest absolute Gasteiger partial charge is 0.508 e. The molecule has 0 bridgehead atoms. The summed E-state index contributed by atoms with van der Waals surface area (Å²) in [5.41, 5.74) is 0. The highest BCUT2D eigenvalue weighted by Gasteiger charge is 2.24. The molecule has 1 aromatic carbocycles. The van der Waals surface area contributed by atoms with Crippen molar-refractivity contribution in [2.75, 3.05) is 30.5 Å². The standard InChI is InChI=1S/C14H15ClN2O2/c15-8-11-9-19-6-5-17(11)14-13-7-12(18)2-1-10(13)3-4-16-14/h1-4,7,11,18H,5-6,8-9H2. The Morgan fingerprint density at radius 1 is 1.42 bits per heavy atom. The number of rotatable bonds is 2. The molecule has 0 spiro atoms. The molecule has 1 saturated heterocycles. The van der Waals surface area contributed by atoms with Gasteiger partial charge in [0.2, 0.25) is 0 Å². The average molecular weight is 279 g/mol. The van der Waals surface area contributed by atoms with Crippen molar-refractivity contribution >= 4 is 28.2 Å². The van der Waals surface area contributed by atoms with Gasteiger partial charge in [-0.25, -0.2) is 4.98 Å². The maximum absolute atomic E-state index is 9.68. The van der Waals surface area contributed by atoms with E-state index in [9.17, 15) is 5.11 Å². The number of hydrogen-bond donors (Lipinski definition) is 1. The lowest BCUT2D eigenvalue weighted by atomic mass is 10.1. The van der Waals surface area contributed by atoms with E-state index in [2.05, 4.69) is 9.88 Å². The van der Waals surface area contributed by atoms with Gasteiger partial charge in [-0.15, -0.1) is 11.6 Å². The number of morpholine rings is 1. The summed E-state index contributed by atoms with van der Waals surface area (Å²) >= 11 is 6.01. The van der Waals surface area contributed by atoms with Crippen molar-refractivity contribution in [3.8, 4) is 5.75 Å². The number of fused-ring (bicyclic) bond motifs is 1. The second-order valence-electron chi connectivity index (χ2n) is 4.62. The predicted molar refractivity (Wildman–Crippen MR) is 76.1 cm³/mol. The van der Waals surface area contributed by atoms with E-state index in [1.807, 2.05) is 12.1 Å². The molecule has 1 aliphatic rings. The summed E-state index contributed by atoms with van der Waals surface area (Å²) in [4.78, 5) is 6.64. The summed E-state index contributed by atoms with van der Waals surface area (Å²) in [5.74, 6) is 1.61.